The highest BCUT2D eigenvalue weighted by atomic mass is 16.5. The van der Waals surface area contributed by atoms with E-state index in [4.69, 9.17) is 9.78 Å². The smallest absolute Gasteiger partial charge is 0.231 e. The summed E-state index contributed by atoms with van der Waals surface area (Å²) in [6.07, 6.45) is 3.98. The van der Waals surface area contributed by atoms with Gasteiger partial charge in [-0.15, -0.1) is 0 Å². The van der Waals surface area contributed by atoms with Crippen LogP contribution in [0.1, 0.15) is 43.8 Å². The first-order valence-corrected chi connectivity index (χ1v) is 5.07. The van der Waals surface area contributed by atoms with E-state index in [-0.39, 0.29) is 11.8 Å². The summed E-state index contributed by atoms with van der Waals surface area (Å²) in [4.78, 5) is 4.28. The van der Waals surface area contributed by atoms with Crippen LogP contribution in [0.5, 0.6) is 0 Å². The third-order valence-electron chi connectivity index (χ3n) is 2.51. The maximum Gasteiger partial charge on any atom is 0.231 e. The molecule has 0 spiro atoms. The number of rotatable bonds is 4. The number of nitrogens with zero attached hydrogens (tertiary/aromatic N) is 3. The molecule has 14 heavy (non-hydrogen) atoms. The second kappa shape index (κ2) is 3.79. The maximum atomic E-state index is 8.65. The topological polar surface area (TPSA) is 62.7 Å². The Morgan fingerprint density at radius 2 is 2.50 bits per heavy atom. The number of hydrogen-bond acceptors (Lipinski definition) is 4. The van der Waals surface area contributed by atoms with Crippen LogP contribution in [0, 0.1) is 17.2 Å². The Labute approximate surface area is 82.9 Å². The monoisotopic (exact) mass is 191 g/mol. The van der Waals surface area contributed by atoms with E-state index in [0.717, 1.165) is 31.5 Å². The molecule has 4 heteroatoms. The van der Waals surface area contributed by atoms with E-state index >= 15 is 0 Å². The fourth-order valence-corrected chi connectivity index (χ4v) is 1.47. The fraction of sp³-hybridized carbons (Fsp3) is 0.700. The van der Waals surface area contributed by atoms with Crippen LogP contribution in [-0.2, 0) is 6.42 Å². The Balaban J connectivity index is 1.94. The number of aromatic nitrogens is 2. The van der Waals surface area contributed by atoms with Gasteiger partial charge in [-0.3, -0.25) is 0 Å². The summed E-state index contributed by atoms with van der Waals surface area (Å²) >= 11 is 0. The quantitative estimate of drug-likeness (QED) is 0.730. The SMILES string of the molecule is CCCCc1noc(C2CC2C#N)n1. The van der Waals surface area contributed by atoms with Crippen molar-refractivity contribution < 1.29 is 4.52 Å². The highest BCUT2D eigenvalue weighted by Crippen LogP contribution is 2.45. The minimum atomic E-state index is 0.106. The summed E-state index contributed by atoms with van der Waals surface area (Å²) in [6, 6.07) is 2.21. The van der Waals surface area contributed by atoms with E-state index in [1.54, 1.807) is 0 Å². The molecule has 1 saturated carbocycles. The molecule has 74 valence electrons. The minimum absolute atomic E-state index is 0.106. The molecule has 1 aromatic rings. The second-order valence-corrected chi connectivity index (χ2v) is 3.73. The van der Waals surface area contributed by atoms with Crippen molar-refractivity contribution in [3.8, 4) is 6.07 Å². The van der Waals surface area contributed by atoms with Gasteiger partial charge in [-0.05, 0) is 12.8 Å². The lowest BCUT2D eigenvalue weighted by Gasteiger charge is -1.87. The standard InChI is InChI=1S/C10H13N3O/c1-2-3-4-9-12-10(14-13-9)8-5-7(8)6-11/h7-8H,2-5H2,1H3. The molecule has 2 rings (SSSR count). The Bertz CT molecular complexity index is 352. The van der Waals surface area contributed by atoms with Gasteiger partial charge in [-0.1, -0.05) is 18.5 Å². The van der Waals surface area contributed by atoms with Crippen molar-refractivity contribution in [1.82, 2.24) is 10.1 Å². The molecular formula is C10H13N3O. The summed E-state index contributed by atoms with van der Waals surface area (Å²) in [5.41, 5.74) is 0. The molecule has 0 radical (unpaired) electrons. The summed E-state index contributed by atoms with van der Waals surface area (Å²) < 4.78 is 5.11. The van der Waals surface area contributed by atoms with Crippen molar-refractivity contribution in [1.29, 1.82) is 5.26 Å². The van der Waals surface area contributed by atoms with Gasteiger partial charge < -0.3 is 4.52 Å². The fourth-order valence-electron chi connectivity index (χ4n) is 1.47. The number of aryl methyl sites for hydroxylation is 1. The van der Waals surface area contributed by atoms with E-state index in [2.05, 4.69) is 23.1 Å². The van der Waals surface area contributed by atoms with Crippen molar-refractivity contribution in [3.63, 3.8) is 0 Å². The van der Waals surface area contributed by atoms with Gasteiger partial charge >= 0.3 is 0 Å². The second-order valence-electron chi connectivity index (χ2n) is 3.73. The lowest BCUT2D eigenvalue weighted by Crippen LogP contribution is -1.88. The molecule has 0 bridgehead atoms. The summed E-state index contributed by atoms with van der Waals surface area (Å²) in [7, 11) is 0. The lowest BCUT2D eigenvalue weighted by molar-refractivity contribution is 0.372. The first kappa shape index (κ1) is 9.20. The summed E-state index contributed by atoms with van der Waals surface area (Å²) in [5, 5.41) is 12.5. The van der Waals surface area contributed by atoms with E-state index in [1.807, 2.05) is 0 Å². The number of hydrogen-bond donors (Lipinski definition) is 0. The Hall–Kier alpha value is -1.37. The van der Waals surface area contributed by atoms with Crippen LogP contribution < -0.4 is 0 Å². The van der Waals surface area contributed by atoms with Crippen molar-refractivity contribution in [3.05, 3.63) is 11.7 Å². The van der Waals surface area contributed by atoms with Crippen LogP contribution in [0.2, 0.25) is 0 Å². The molecule has 2 atom stereocenters. The molecule has 0 N–H and O–H groups in total. The number of nitriles is 1. The minimum Gasteiger partial charge on any atom is -0.339 e. The Kier molecular flexibility index (Phi) is 2.49. The molecule has 1 heterocycles. The molecule has 1 aliphatic carbocycles. The van der Waals surface area contributed by atoms with Crippen molar-refractivity contribution in [2.75, 3.05) is 0 Å². The molecular weight excluding hydrogens is 178 g/mol. The normalized spacial score (nSPS) is 24.6. The van der Waals surface area contributed by atoms with Crippen LogP contribution in [0.3, 0.4) is 0 Å². The van der Waals surface area contributed by atoms with Gasteiger partial charge in [-0.2, -0.15) is 10.2 Å². The van der Waals surface area contributed by atoms with Crippen LogP contribution in [0.4, 0.5) is 0 Å². The average Bonchev–Trinajstić information content (AvgIpc) is 2.86. The highest BCUT2D eigenvalue weighted by molar-refractivity contribution is 5.15. The van der Waals surface area contributed by atoms with Crippen LogP contribution in [0.15, 0.2) is 4.52 Å². The first-order valence-electron chi connectivity index (χ1n) is 5.07. The number of unbranched alkanes of at least 4 members (excludes halogenated alkanes) is 1. The molecule has 0 aromatic carbocycles. The average molecular weight is 191 g/mol. The largest absolute Gasteiger partial charge is 0.339 e. The first-order chi connectivity index (χ1) is 6.85. The molecule has 0 saturated heterocycles. The predicted molar refractivity (Wildman–Crippen MR) is 49.4 cm³/mol. The summed E-state index contributed by atoms with van der Waals surface area (Å²) in [6.45, 7) is 2.13. The predicted octanol–water partition coefficient (Wildman–Crippen LogP) is 2.04. The summed E-state index contributed by atoms with van der Waals surface area (Å²) in [5.74, 6) is 1.76. The van der Waals surface area contributed by atoms with Crippen LogP contribution in [0.25, 0.3) is 0 Å². The van der Waals surface area contributed by atoms with E-state index < -0.39 is 0 Å². The van der Waals surface area contributed by atoms with Crippen LogP contribution >= 0.6 is 0 Å². The molecule has 4 nitrogen and oxygen atoms in total. The third kappa shape index (κ3) is 1.77. The molecule has 2 unspecified atom stereocenters. The van der Waals surface area contributed by atoms with Gasteiger partial charge in [0.1, 0.15) is 0 Å². The Morgan fingerprint density at radius 3 is 3.14 bits per heavy atom. The zero-order valence-electron chi connectivity index (χ0n) is 8.23. The van der Waals surface area contributed by atoms with Gasteiger partial charge in [0.05, 0.1) is 17.9 Å². The zero-order chi connectivity index (χ0) is 9.97. The maximum absolute atomic E-state index is 8.65. The molecule has 1 aliphatic rings. The van der Waals surface area contributed by atoms with Gasteiger partial charge in [0.25, 0.3) is 0 Å². The molecule has 0 aliphatic heterocycles. The molecule has 0 amide bonds. The van der Waals surface area contributed by atoms with Gasteiger partial charge in [-0.25, -0.2) is 0 Å². The van der Waals surface area contributed by atoms with E-state index in [0.29, 0.717) is 5.89 Å². The third-order valence-corrected chi connectivity index (χ3v) is 2.51. The van der Waals surface area contributed by atoms with Crippen molar-refractivity contribution in [2.45, 2.75) is 38.5 Å². The van der Waals surface area contributed by atoms with Gasteiger partial charge in [0.2, 0.25) is 5.89 Å². The van der Waals surface area contributed by atoms with Gasteiger partial charge in [0, 0.05) is 6.42 Å². The molecule has 1 aromatic heterocycles. The lowest BCUT2D eigenvalue weighted by atomic mass is 10.2. The van der Waals surface area contributed by atoms with Gasteiger partial charge in [0.15, 0.2) is 5.82 Å². The zero-order valence-corrected chi connectivity index (χ0v) is 8.23. The highest BCUT2D eigenvalue weighted by Gasteiger charge is 2.43. The van der Waals surface area contributed by atoms with Crippen molar-refractivity contribution >= 4 is 0 Å². The molecule has 1 fully saturated rings. The van der Waals surface area contributed by atoms with E-state index in [1.165, 1.54) is 0 Å². The van der Waals surface area contributed by atoms with E-state index in [9.17, 15) is 0 Å². The van der Waals surface area contributed by atoms with Crippen molar-refractivity contribution in [2.24, 2.45) is 5.92 Å². The Morgan fingerprint density at radius 1 is 1.64 bits per heavy atom. The van der Waals surface area contributed by atoms with Crippen LogP contribution in [-0.4, -0.2) is 10.1 Å².